The molecule has 0 saturated heterocycles. The Morgan fingerprint density at radius 2 is 1.81 bits per heavy atom. The molecule has 2 rings (SSSR count). The van der Waals surface area contributed by atoms with E-state index in [2.05, 4.69) is 28.4 Å². The molecule has 0 fully saturated rings. The average molecular weight is 292 g/mol. The van der Waals surface area contributed by atoms with Crippen molar-refractivity contribution in [1.29, 1.82) is 0 Å². The summed E-state index contributed by atoms with van der Waals surface area (Å²) in [5, 5.41) is 3.57. The molecule has 1 heterocycles. The SMILES string of the molecule is CCOCCN(CCOCC)c1cccc2c1NCCC2. The van der Waals surface area contributed by atoms with Gasteiger partial charge in [-0.05, 0) is 38.3 Å². The van der Waals surface area contributed by atoms with Crippen molar-refractivity contribution in [1.82, 2.24) is 0 Å². The predicted octanol–water partition coefficient (Wildman–Crippen LogP) is 2.92. The van der Waals surface area contributed by atoms with E-state index in [0.717, 1.165) is 46.1 Å². The van der Waals surface area contributed by atoms with Gasteiger partial charge in [0.25, 0.3) is 0 Å². The van der Waals surface area contributed by atoms with Crippen LogP contribution in [0.1, 0.15) is 25.8 Å². The largest absolute Gasteiger partial charge is 0.383 e. The molecule has 0 spiro atoms. The second-order valence-electron chi connectivity index (χ2n) is 5.22. The number of ether oxygens (including phenoxy) is 2. The Balaban J connectivity index is 2.10. The zero-order chi connectivity index (χ0) is 14.9. The highest BCUT2D eigenvalue weighted by atomic mass is 16.5. The van der Waals surface area contributed by atoms with Crippen LogP contribution in [0.2, 0.25) is 0 Å². The highest BCUT2D eigenvalue weighted by molar-refractivity contribution is 5.74. The molecule has 0 atom stereocenters. The van der Waals surface area contributed by atoms with Crippen molar-refractivity contribution in [3.05, 3.63) is 23.8 Å². The predicted molar refractivity (Wildman–Crippen MR) is 88.5 cm³/mol. The van der Waals surface area contributed by atoms with E-state index in [1.807, 2.05) is 13.8 Å². The van der Waals surface area contributed by atoms with Crippen LogP contribution >= 0.6 is 0 Å². The van der Waals surface area contributed by atoms with E-state index >= 15 is 0 Å². The van der Waals surface area contributed by atoms with E-state index in [1.165, 1.54) is 29.8 Å². The Kier molecular flexibility index (Phi) is 6.83. The van der Waals surface area contributed by atoms with Gasteiger partial charge in [-0.2, -0.15) is 0 Å². The van der Waals surface area contributed by atoms with Gasteiger partial charge in [-0.25, -0.2) is 0 Å². The van der Waals surface area contributed by atoms with Crippen molar-refractivity contribution in [2.45, 2.75) is 26.7 Å². The number of aryl methyl sites for hydroxylation is 1. The molecule has 0 amide bonds. The van der Waals surface area contributed by atoms with Crippen molar-refractivity contribution < 1.29 is 9.47 Å². The fourth-order valence-electron chi connectivity index (χ4n) is 2.75. The molecule has 1 aliphatic heterocycles. The molecule has 0 radical (unpaired) electrons. The Bertz CT molecular complexity index is 413. The summed E-state index contributed by atoms with van der Waals surface area (Å²) < 4.78 is 11.1. The number of rotatable bonds is 9. The summed E-state index contributed by atoms with van der Waals surface area (Å²) >= 11 is 0. The van der Waals surface area contributed by atoms with Crippen LogP contribution in [0.5, 0.6) is 0 Å². The van der Waals surface area contributed by atoms with Crippen LogP contribution in [0, 0.1) is 0 Å². The molecule has 0 aliphatic carbocycles. The first-order chi connectivity index (χ1) is 10.4. The molecular formula is C17H28N2O2. The number of para-hydroxylation sites is 1. The third-order valence-corrected chi connectivity index (χ3v) is 3.81. The van der Waals surface area contributed by atoms with Gasteiger partial charge in [-0.1, -0.05) is 12.1 Å². The minimum Gasteiger partial charge on any atom is -0.383 e. The topological polar surface area (TPSA) is 33.7 Å². The van der Waals surface area contributed by atoms with Crippen LogP contribution in [0.25, 0.3) is 0 Å². The first-order valence-electron chi connectivity index (χ1n) is 8.13. The summed E-state index contributed by atoms with van der Waals surface area (Å²) in [4.78, 5) is 2.38. The van der Waals surface area contributed by atoms with Crippen LogP contribution in [-0.2, 0) is 15.9 Å². The lowest BCUT2D eigenvalue weighted by Gasteiger charge is -2.30. The normalized spacial score (nSPS) is 13.6. The number of benzene rings is 1. The van der Waals surface area contributed by atoms with Gasteiger partial charge in [-0.3, -0.25) is 0 Å². The average Bonchev–Trinajstić information content (AvgIpc) is 2.53. The summed E-state index contributed by atoms with van der Waals surface area (Å²) in [6, 6.07) is 6.60. The van der Waals surface area contributed by atoms with Crippen molar-refractivity contribution in [3.8, 4) is 0 Å². The Morgan fingerprint density at radius 3 is 2.48 bits per heavy atom. The van der Waals surface area contributed by atoms with Crippen LogP contribution in [0.15, 0.2) is 18.2 Å². The first-order valence-corrected chi connectivity index (χ1v) is 8.13. The third-order valence-electron chi connectivity index (χ3n) is 3.81. The molecular weight excluding hydrogens is 264 g/mol. The highest BCUT2D eigenvalue weighted by Crippen LogP contribution is 2.32. The van der Waals surface area contributed by atoms with E-state index in [1.54, 1.807) is 0 Å². The molecule has 1 aromatic rings. The number of nitrogens with one attached hydrogen (secondary N) is 1. The van der Waals surface area contributed by atoms with Gasteiger partial charge >= 0.3 is 0 Å². The fraction of sp³-hybridized carbons (Fsp3) is 0.647. The number of nitrogens with zero attached hydrogens (tertiary/aromatic N) is 1. The van der Waals surface area contributed by atoms with Gasteiger partial charge in [0.15, 0.2) is 0 Å². The molecule has 1 N–H and O–H groups in total. The second kappa shape index (κ2) is 8.90. The smallest absolute Gasteiger partial charge is 0.0641 e. The number of hydrogen-bond donors (Lipinski definition) is 1. The van der Waals surface area contributed by atoms with Gasteiger partial charge in [-0.15, -0.1) is 0 Å². The molecule has 0 unspecified atom stereocenters. The molecule has 0 bridgehead atoms. The fourth-order valence-corrected chi connectivity index (χ4v) is 2.75. The van der Waals surface area contributed by atoms with Crippen LogP contribution < -0.4 is 10.2 Å². The molecule has 1 aromatic carbocycles. The van der Waals surface area contributed by atoms with Gasteiger partial charge in [0.05, 0.1) is 24.6 Å². The van der Waals surface area contributed by atoms with Gasteiger partial charge in [0, 0.05) is 32.8 Å². The quantitative estimate of drug-likeness (QED) is 0.710. The summed E-state index contributed by atoms with van der Waals surface area (Å²) in [5.41, 5.74) is 4.01. The van der Waals surface area contributed by atoms with Gasteiger partial charge in [0.2, 0.25) is 0 Å². The molecule has 4 heteroatoms. The maximum absolute atomic E-state index is 5.53. The molecule has 4 nitrogen and oxygen atoms in total. The molecule has 118 valence electrons. The zero-order valence-electron chi connectivity index (χ0n) is 13.4. The highest BCUT2D eigenvalue weighted by Gasteiger charge is 2.16. The van der Waals surface area contributed by atoms with Gasteiger partial charge in [0.1, 0.15) is 0 Å². The molecule has 0 saturated carbocycles. The van der Waals surface area contributed by atoms with E-state index < -0.39 is 0 Å². The number of anilines is 2. The van der Waals surface area contributed by atoms with Crippen LogP contribution in [-0.4, -0.2) is 46.1 Å². The lowest BCUT2D eigenvalue weighted by atomic mass is 10.0. The van der Waals surface area contributed by atoms with Crippen molar-refractivity contribution >= 4 is 11.4 Å². The Labute approximate surface area is 128 Å². The minimum atomic E-state index is 0.756. The molecule has 21 heavy (non-hydrogen) atoms. The maximum Gasteiger partial charge on any atom is 0.0641 e. The van der Waals surface area contributed by atoms with E-state index in [0.29, 0.717) is 0 Å². The first kappa shape index (κ1) is 16.1. The Hall–Kier alpha value is -1.26. The summed E-state index contributed by atoms with van der Waals surface area (Å²) in [6.07, 6.45) is 2.38. The van der Waals surface area contributed by atoms with E-state index in [-0.39, 0.29) is 0 Å². The standard InChI is InChI=1S/C17H28N2O2/c1-3-20-13-11-19(12-14-21-4-2)16-9-5-7-15-8-6-10-18-17(15)16/h5,7,9,18H,3-4,6,8,10-14H2,1-2H3. The summed E-state index contributed by atoms with van der Waals surface area (Å²) in [7, 11) is 0. The number of fused-ring (bicyclic) bond motifs is 1. The van der Waals surface area contributed by atoms with Gasteiger partial charge < -0.3 is 19.7 Å². The second-order valence-corrected chi connectivity index (χ2v) is 5.22. The Morgan fingerprint density at radius 1 is 1.10 bits per heavy atom. The zero-order valence-corrected chi connectivity index (χ0v) is 13.4. The third kappa shape index (κ3) is 4.61. The maximum atomic E-state index is 5.53. The van der Waals surface area contributed by atoms with E-state index in [4.69, 9.17) is 9.47 Å². The van der Waals surface area contributed by atoms with Crippen LogP contribution in [0.3, 0.4) is 0 Å². The summed E-state index contributed by atoms with van der Waals surface area (Å²) in [5.74, 6) is 0. The molecule has 0 aromatic heterocycles. The lowest BCUT2D eigenvalue weighted by molar-refractivity contribution is 0.141. The lowest BCUT2D eigenvalue weighted by Crippen LogP contribution is -2.32. The minimum absolute atomic E-state index is 0.756. The van der Waals surface area contributed by atoms with Crippen molar-refractivity contribution in [3.63, 3.8) is 0 Å². The van der Waals surface area contributed by atoms with Crippen molar-refractivity contribution in [2.75, 3.05) is 56.3 Å². The van der Waals surface area contributed by atoms with Crippen molar-refractivity contribution in [2.24, 2.45) is 0 Å². The summed E-state index contributed by atoms with van der Waals surface area (Å²) in [6.45, 7) is 9.99. The monoisotopic (exact) mass is 292 g/mol. The van der Waals surface area contributed by atoms with E-state index in [9.17, 15) is 0 Å². The number of hydrogen-bond acceptors (Lipinski definition) is 4. The van der Waals surface area contributed by atoms with Crippen LogP contribution in [0.4, 0.5) is 11.4 Å². The molecule has 1 aliphatic rings.